The van der Waals surface area contributed by atoms with Crippen LogP contribution in [0.5, 0.6) is 0 Å². The lowest BCUT2D eigenvalue weighted by atomic mass is 9.99. The Morgan fingerprint density at radius 1 is 0.704 bits per heavy atom. The third kappa shape index (κ3) is 2.77. The molecule has 2 heteroatoms. The van der Waals surface area contributed by atoms with Gasteiger partial charge in [-0.05, 0) is 39.1 Å². The Labute approximate surface area is 163 Å². The Bertz CT molecular complexity index is 1110. The van der Waals surface area contributed by atoms with Gasteiger partial charge in [-0.25, -0.2) is 0 Å². The fourth-order valence-corrected chi connectivity index (χ4v) is 5.09. The highest BCUT2D eigenvalue weighted by molar-refractivity contribution is 8.14. The van der Waals surface area contributed by atoms with E-state index in [-0.39, 0.29) is 11.0 Å². The first-order chi connectivity index (χ1) is 13.3. The fraction of sp³-hybridized carbons (Fsp3) is 0.0800. The van der Waals surface area contributed by atoms with Gasteiger partial charge in [0.25, 0.3) is 0 Å². The van der Waals surface area contributed by atoms with Crippen LogP contribution in [-0.4, -0.2) is 10.9 Å². The molecule has 0 saturated carbocycles. The summed E-state index contributed by atoms with van der Waals surface area (Å²) in [6.45, 7) is 0. The van der Waals surface area contributed by atoms with E-state index in [1.165, 1.54) is 34.0 Å². The summed E-state index contributed by atoms with van der Waals surface area (Å²) in [5.74, 6) is 1.03. The monoisotopic (exact) mass is 366 g/mol. The molecule has 0 unspecified atom stereocenters. The zero-order valence-corrected chi connectivity index (χ0v) is 15.6. The summed E-state index contributed by atoms with van der Waals surface area (Å²) in [4.78, 5) is 13.0. The van der Waals surface area contributed by atoms with E-state index >= 15 is 0 Å². The van der Waals surface area contributed by atoms with Crippen molar-refractivity contribution in [3.8, 4) is 11.1 Å². The molecule has 130 valence electrons. The van der Waals surface area contributed by atoms with E-state index in [1.807, 2.05) is 30.3 Å². The molecule has 0 N–H and O–H groups in total. The van der Waals surface area contributed by atoms with E-state index in [0.29, 0.717) is 0 Å². The molecule has 0 saturated heterocycles. The van der Waals surface area contributed by atoms with Crippen LogP contribution in [0, 0.1) is 0 Å². The average Bonchev–Trinajstić information content (AvgIpc) is 3.05. The smallest absolute Gasteiger partial charge is 0.220 e. The summed E-state index contributed by atoms with van der Waals surface area (Å²) in [7, 11) is 0. The van der Waals surface area contributed by atoms with Gasteiger partial charge in [0.2, 0.25) is 5.12 Å². The van der Waals surface area contributed by atoms with E-state index in [1.54, 1.807) is 0 Å². The summed E-state index contributed by atoms with van der Waals surface area (Å²) >= 11 is 1.43. The number of hydrogen-bond acceptors (Lipinski definition) is 2. The molecule has 1 nitrogen and oxygen atoms in total. The van der Waals surface area contributed by atoms with Crippen molar-refractivity contribution in [1.29, 1.82) is 0 Å². The maximum absolute atomic E-state index is 13.0. The van der Waals surface area contributed by atoms with Crippen molar-refractivity contribution in [3.63, 3.8) is 0 Å². The molecule has 0 radical (unpaired) electrons. The van der Waals surface area contributed by atoms with Crippen molar-refractivity contribution >= 4 is 27.6 Å². The van der Waals surface area contributed by atoms with E-state index in [0.717, 1.165) is 22.1 Å². The van der Waals surface area contributed by atoms with Gasteiger partial charge in [-0.1, -0.05) is 96.7 Å². The molecule has 0 atom stereocenters. The molecule has 4 aromatic rings. The number of fused-ring (bicyclic) bond motifs is 4. The van der Waals surface area contributed by atoms with Gasteiger partial charge in [0.1, 0.15) is 0 Å². The molecule has 27 heavy (non-hydrogen) atoms. The van der Waals surface area contributed by atoms with Gasteiger partial charge in [0, 0.05) is 17.2 Å². The lowest BCUT2D eigenvalue weighted by molar-refractivity contribution is 0.109. The van der Waals surface area contributed by atoms with Crippen molar-refractivity contribution in [3.05, 3.63) is 108 Å². The standard InChI is InChI=1S/C25H18OS/c26-25(23-15-7-9-17-8-1-2-10-18(17)23)27-16-24-21-13-5-3-11-19(21)20-12-4-6-14-22(20)24/h1-15,24H,16H2. The lowest BCUT2D eigenvalue weighted by Crippen LogP contribution is -2.04. The summed E-state index contributed by atoms with van der Waals surface area (Å²) in [5.41, 5.74) is 6.07. The number of carbonyl (C=O) groups excluding carboxylic acids is 1. The van der Waals surface area contributed by atoms with Crippen LogP contribution in [-0.2, 0) is 0 Å². The van der Waals surface area contributed by atoms with Crippen LogP contribution in [0.4, 0.5) is 0 Å². The summed E-state index contributed by atoms with van der Waals surface area (Å²) < 4.78 is 0. The second kappa shape index (κ2) is 6.71. The SMILES string of the molecule is O=C(SCC1c2ccccc2-c2ccccc21)c1cccc2ccccc12. The Morgan fingerprint density at radius 2 is 1.30 bits per heavy atom. The highest BCUT2D eigenvalue weighted by atomic mass is 32.2. The first kappa shape index (κ1) is 16.3. The Hall–Kier alpha value is -2.84. The Kier molecular flexibility index (Phi) is 4.06. The fourth-order valence-electron chi connectivity index (χ4n) is 4.08. The summed E-state index contributed by atoms with van der Waals surface area (Å²) in [6.07, 6.45) is 0. The molecule has 0 aliphatic heterocycles. The van der Waals surface area contributed by atoms with Gasteiger partial charge in [-0.15, -0.1) is 0 Å². The van der Waals surface area contributed by atoms with Crippen molar-refractivity contribution in [1.82, 2.24) is 0 Å². The van der Waals surface area contributed by atoms with Crippen LogP contribution in [0.15, 0.2) is 91.0 Å². The zero-order chi connectivity index (χ0) is 18.2. The molecule has 0 amide bonds. The van der Waals surface area contributed by atoms with E-state index < -0.39 is 0 Å². The van der Waals surface area contributed by atoms with E-state index in [2.05, 4.69) is 60.7 Å². The van der Waals surface area contributed by atoms with Crippen molar-refractivity contribution in [2.75, 3.05) is 5.75 Å². The van der Waals surface area contributed by atoms with Gasteiger partial charge in [0.05, 0.1) is 0 Å². The molecule has 4 aromatic carbocycles. The highest BCUT2D eigenvalue weighted by Gasteiger charge is 2.28. The minimum absolute atomic E-state index is 0.147. The first-order valence-corrected chi connectivity index (χ1v) is 10.1. The van der Waals surface area contributed by atoms with Gasteiger partial charge in [-0.2, -0.15) is 0 Å². The summed E-state index contributed by atoms with van der Waals surface area (Å²) in [6, 6.07) is 31.2. The Balaban J connectivity index is 1.45. The normalized spacial score (nSPS) is 12.7. The van der Waals surface area contributed by atoms with Crippen molar-refractivity contribution in [2.45, 2.75) is 5.92 Å². The van der Waals surface area contributed by atoms with Crippen LogP contribution in [0.1, 0.15) is 27.4 Å². The minimum Gasteiger partial charge on any atom is -0.282 e. The van der Waals surface area contributed by atoms with E-state index in [4.69, 9.17) is 0 Å². The van der Waals surface area contributed by atoms with Crippen LogP contribution >= 0.6 is 11.8 Å². The molecule has 5 rings (SSSR count). The van der Waals surface area contributed by atoms with Crippen LogP contribution < -0.4 is 0 Å². The summed E-state index contributed by atoms with van der Waals surface area (Å²) in [5, 5.41) is 2.29. The largest absolute Gasteiger partial charge is 0.282 e. The lowest BCUT2D eigenvalue weighted by Gasteiger charge is -2.13. The topological polar surface area (TPSA) is 17.1 Å². The third-order valence-electron chi connectivity index (χ3n) is 5.35. The number of carbonyl (C=O) groups is 1. The maximum Gasteiger partial charge on any atom is 0.220 e. The van der Waals surface area contributed by atoms with Gasteiger partial charge in [0.15, 0.2) is 0 Å². The number of rotatable bonds is 3. The van der Waals surface area contributed by atoms with Gasteiger partial charge < -0.3 is 0 Å². The highest BCUT2D eigenvalue weighted by Crippen LogP contribution is 2.46. The molecular weight excluding hydrogens is 348 g/mol. The molecule has 0 fully saturated rings. The van der Waals surface area contributed by atoms with Crippen LogP contribution in [0.3, 0.4) is 0 Å². The van der Waals surface area contributed by atoms with Crippen molar-refractivity contribution < 1.29 is 4.79 Å². The van der Waals surface area contributed by atoms with Crippen molar-refractivity contribution in [2.24, 2.45) is 0 Å². The number of benzene rings is 4. The average molecular weight is 366 g/mol. The first-order valence-electron chi connectivity index (χ1n) is 9.16. The molecule has 1 aliphatic rings. The third-order valence-corrected chi connectivity index (χ3v) is 6.34. The minimum atomic E-state index is 0.147. The molecule has 0 spiro atoms. The second-order valence-electron chi connectivity index (χ2n) is 6.85. The van der Waals surface area contributed by atoms with Crippen LogP contribution in [0.25, 0.3) is 21.9 Å². The van der Waals surface area contributed by atoms with Crippen LogP contribution in [0.2, 0.25) is 0 Å². The molecule has 1 aliphatic carbocycles. The zero-order valence-electron chi connectivity index (χ0n) is 14.8. The Morgan fingerprint density at radius 3 is 2.04 bits per heavy atom. The maximum atomic E-state index is 13.0. The molecular formula is C25H18OS. The van der Waals surface area contributed by atoms with Gasteiger partial charge >= 0.3 is 0 Å². The number of thioether (sulfide) groups is 1. The molecule has 0 bridgehead atoms. The second-order valence-corrected chi connectivity index (χ2v) is 7.85. The number of hydrogen-bond donors (Lipinski definition) is 0. The van der Waals surface area contributed by atoms with Gasteiger partial charge in [-0.3, -0.25) is 4.79 Å². The predicted octanol–water partition coefficient (Wildman–Crippen LogP) is 6.53. The predicted molar refractivity (Wildman–Crippen MR) is 114 cm³/mol. The molecule has 0 heterocycles. The molecule has 0 aromatic heterocycles. The quantitative estimate of drug-likeness (QED) is 0.410. The van der Waals surface area contributed by atoms with E-state index in [9.17, 15) is 4.79 Å².